The maximum absolute atomic E-state index is 11.7. The molecule has 1 N–H and O–H groups in total. The second-order valence-electron chi connectivity index (χ2n) is 5.29. The monoisotopic (exact) mass is 263 g/mol. The summed E-state index contributed by atoms with van der Waals surface area (Å²) in [4.78, 5) is 11.7. The van der Waals surface area contributed by atoms with Gasteiger partial charge in [-0.25, -0.2) is 4.79 Å². The number of carbonyl (C=O) groups excluding carboxylic acids is 1. The predicted molar refractivity (Wildman–Crippen MR) is 78.4 cm³/mol. The van der Waals surface area contributed by atoms with Crippen molar-refractivity contribution in [3.63, 3.8) is 0 Å². The van der Waals surface area contributed by atoms with Crippen LogP contribution in [0.1, 0.15) is 42.6 Å². The molecule has 0 unspecified atom stereocenters. The van der Waals surface area contributed by atoms with E-state index in [-0.39, 0.29) is 5.97 Å². The van der Waals surface area contributed by atoms with Crippen LogP contribution in [0.15, 0.2) is 24.3 Å². The highest BCUT2D eigenvalue weighted by molar-refractivity contribution is 5.89. The first kappa shape index (κ1) is 15.7. The van der Waals surface area contributed by atoms with Crippen molar-refractivity contribution in [1.82, 2.24) is 5.32 Å². The molecule has 0 spiro atoms. The maximum Gasteiger partial charge on any atom is 0.338 e. The van der Waals surface area contributed by atoms with Crippen LogP contribution in [0.2, 0.25) is 0 Å². The SMILES string of the molecule is Cc1cccc(C(=O)OCCCNCCC(C)C)c1. The Balaban J connectivity index is 2.11. The lowest BCUT2D eigenvalue weighted by atomic mass is 10.1. The van der Waals surface area contributed by atoms with Gasteiger partial charge in [0.25, 0.3) is 0 Å². The summed E-state index contributed by atoms with van der Waals surface area (Å²) in [5.74, 6) is 0.498. The largest absolute Gasteiger partial charge is 0.462 e. The van der Waals surface area contributed by atoms with Crippen LogP contribution in [0.25, 0.3) is 0 Å². The van der Waals surface area contributed by atoms with Crippen molar-refractivity contribution in [3.8, 4) is 0 Å². The number of aryl methyl sites for hydroxylation is 1. The van der Waals surface area contributed by atoms with Crippen molar-refractivity contribution in [3.05, 3.63) is 35.4 Å². The molecule has 0 bridgehead atoms. The smallest absolute Gasteiger partial charge is 0.338 e. The number of benzene rings is 1. The summed E-state index contributed by atoms with van der Waals surface area (Å²) in [6.45, 7) is 8.80. The van der Waals surface area contributed by atoms with Gasteiger partial charge in [-0.15, -0.1) is 0 Å². The van der Waals surface area contributed by atoms with Crippen molar-refractivity contribution in [2.24, 2.45) is 5.92 Å². The van der Waals surface area contributed by atoms with Crippen LogP contribution >= 0.6 is 0 Å². The Labute approximate surface area is 116 Å². The zero-order valence-electron chi connectivity index (χ0n) is 12.2. The Kier molecular flexibility index (Phi) is 7.19. The molecule has 1 aromatic rings. The van der Waals surface area contributed by atoms with Gasteiger partial charge in [-0.2, -0.15) is 0 Å². The first-order valence-corrected chi connectivity index (χ1v) is 7.04. The summed E-state index contributed by atoms with van der Waals surface area (Å²) < 4.78 is 5.23. The summed E-state index contributed by atoms with van der Waals surface area (Å²) in [5.41, 5.74) is 1.71. The summed E-state index contributed by atoms with van der Waals surface area (Å²) in [5, 5.41) is 3.35. The van der Waals surface area contributed by atoms with E-state index < -0.39 is 0 Å². The Morgan fingerprint density at radius 1 is 1.32 bits per heavy atom. The van der Waals surface area contributed by atoms with Crippen LogP contribution in [-0.4, -0.2) is 25.7 Å². The normalized spacial score (nSPS) is 10.7. The van der Waals surface area contributed by atoms with E-state index >= 15 is 0 Å². The summed E-state index contributed by atoms with van der Waals surface area (Å²) in [7, 11) is 0. The number of ether oxygens (including phenoxy) is 1. The van der Waals surface area contributed by atoms with E-state index in [1.165, 1.54) is 6.42 Å². The van der Waals surface area contributed by atoms with Crippen LogP contribution in [0, 0.1) is 12.8 Å². The molecular formula is C16H25NO2. The zero-order chi connectivity index (χ0) is 14.1. The average Bonchev–Trinajstić information content (AvgIpc) is 2.37. The molecule has 0 aromatic heterocycles. The molecule has 3 nitrogen and oxygen atoms in total. The van der Waals surface area contributed by atoms with Gasteiger partial charge in [-0.3, -0.25) is 0 Å². The Morgan fingerprint density at radius 2 is 2.11 bits per heavy atom. The lowest BCUT2D eigenvalue weighted by molar-refractivity contribution is 0.0500. The topological polar surface area (TPSA) is 38.3 Å². The fraction of sp³-hybridized carbons (Fsp3) is 0.562. The molecule has 0 aliphatic heterocycles. The van der Waals surface area contributed by atoms with Gasteiger partial charge < -0.3 is 10.1 Å². The van der Waals surface area contributed by atoms with Crippen LogP contribution in [0.4, 0.5) is 0 Å². The van der Waals surface area contributed by atoms with Gasteiger partial charge in [-0.05, 0) is 50.9 Å². The van der Waals surface area contributed by atoms with Gasteiger partial charge in [0.1, 0.15) is 0 Å². The molecule has 0 amide bonds. The average molecular weight is 263 g/mol. The quantitative estimate of drug-likeness (QED) is 0.578. The maximum atomic E-state index is 11.7. The van der Waals surface area contributed by atoms with E-state index in [0.29, 0.717) is 12.2 Å². The van der Waals surface area contributed by atoms with Gasteiger partial charge in [-0.1, -0.05) is 31.5 Å². The molecule has 0 aliphatic carbocycles. The Morgan fingerprint density at radius 3 is 2.79 bits per heavy atom. The van der Waals surface area contributed by atoms with Crippen LogP contribution in [0.5, 0.6) is 0 Å². The van der Waals surface area contributed by atoms with Crippen molar-refractivity contribution < 1.29 is 9.53 Å². The molecule has 0 fully saturated rings. The first-order chi connectivity index (χ1) is 9.09. The van der Waals surface area contributed by atoms with E-state index in [0.717, 1.165) is 31.0 Å². The molecule has 1 rings (SSSR count). The van der Waals surface area contributed by atoms with E-state index in [9.17, 15) is 4.79 Å². The minimum absolute atomic E-state index is 0.231. The number of hydrogen-bond donors (Lipinski definition) is 1. The predicted octanol–water partition coefficient (Wildman–Crippen LogP) is 3.18. The standard InChI is InChI=1S/C16H25NO2/c1-13(2)8-10-17-9-5-11-19-16(18)15-7-4-6-14(3)12-15/h4,6-7,12-13,17H,5,8-11H2,1-3H3. The number of carbonyl (C=O) groups is 1. The molecule has 0 atom stereocenters. The van der Waals surface area contributed by atoms with E-state index in [4.69, 9.17) is 4.74 Å². The molecule has 0 saturated carbocycles. The molecule has 0 heterocycles. The first-order valence-electron chi connectivity index (χ1n) is 7.04. The van der Waals surface area contributed by atoms with Crippen LogP contribution < -0.4 is 5.32 Å². The van der Waals surface area contributed by atoms with E-state index in [2.05, 4.69) is 19.2 Å². The Bertz CT molecular complexity index is 388. The highest BCUT2D eigenvalue weighted by Crippen LogP contribution is 2.05. The van der Waals surface area contributed by atoms with E-state index in [1.807, 2.05) is 25.1 Å². The third kappa shape index (κ3) is 6.97. The number of nitrogens with one attached hydrogen (secondary N) is 1. The molecule has 0 aliphatic rings. The van der Waals surface area contributed by atoms with Crippen LogP contribution in [0.3, 0.4) is 0 Å². The lowest BCUT2D eigenvalue weighted by Crippen LogP contribution is -2.20. The van der Waals surface area contributed by atoms with Gasteiger partial charge in [0, 0.05) is 0 Å². The number of hydrogen-bond acceptors (Lipinski definition) is 3. The highest BCUT2D eigenvalue weighted by Gasteiger charge is 2.06. The van der Waals surface area contributed by atoms with Crippen molar-refractivity contribution >= 4 is 5.97 Å². The summed E-state index contributed by atoms with van der Waals surface area (Å²) >= 11 is 0. The third-order valence-corrected chi connectivity index (χ3v) is 2.88. The second kappa shape index (κ2) is 8.70. The molecule has 0 saturated heterocycles. The van der Waals surface area contributed by atoms with Gasteiger partial charge in [0.2, 0.25) is 0 Å². The number of esters is 1. The molecule has 0 radical (unpaired) electrons. The minimum atomic E-state index is -0.231. The molecule has 106 valence electrons. The second-order valence-corrected chi connectivity index (χ2v) is 5.29. The van der Waals surface area contributed by atoms with Crippen molar-refractivity contribution in [2.45, 2.75) is 33.6 Å². The lowest BCUT2D eigenvalue weighted by Gasteiger charge is -2.08. The zero-order valence-corrected chi connectivity index (χ0v) is 12.2. The van der Waals surface area contributed by atoms with Crippen molar-refractivity contribution in [2.75, 3.05) is 19.7 Å². The number of rotatable bonds is 8. The summed E-state index contributed by atoms with van der Waals surface area (Å²) in [6, 6.07) is 7.48. The minimum Gasteiger partial charge on any atom is -0.462 e. The highest BCUT2D eigenvalue weighted by atomic mass is 16.5. The van der Waals surface area contributed by atoms with Crippen molar-refractivity contribution in [1.29, 1.82) is 0 Å². The fourth-order valence-electron chi connectivity index (χ4n) is 1.73. The van der Waals surface area contributed by atoms with E-state index in [1.54, 1.807) is 6.07 Å². The fourth-order valence-corrected chi connectivity index (χ4v) is 1.73. The van der Waals surface area contributed by atoms with Gasteiger partial charge in [0.05, 0.1) is 12.2 Å². The molecular weight excluding hydrogens is 238 g/mol. The molecule has 3 heteroatoms. The summed E-state index contributed by atoms with van der Waals surface area (Å²) in [6.07, 6.45) is 2.04. The van der Waals surface area contributed by atoms with Crippen LogP contribution in [-0.2, 0) is 4.74 Å². The van der Waals surface area contributed by atoms with Gasteiger partial charge in [0.15, 0.2) is 0 Å². The molecule has 1 aromatic carbocycles. The molecule has 19 heavy (non-hydrogen) atoms. The Hall–Kier alpha value is -1.35. The third-order valence-electron chi connectivity index (χ3n) is 2.88. The van der Waals surface area contributed by atoms with Gasteiger partial charge >= 0.3 is 5.97 Å².